The van der Waals surface area contributed by atoms with Crippen molar-refractivity contribution in [2.75, 3.05) is 0 Å². The summed E-state index contributed by atoms with van der Waals surface area (Å²) in [6.07, 6.45) is 3.84. The first kappa shape index (κ1) is 12.6. The molecule has 0 fully saturated rings. The van der Waals surface area contributed by atoms with Crippen LogP contribution in [-0.2, 0) is 0 Å². The van der Waals surface area contributed by atoms with Gasteiger partial charge in [0.05, 0.1) is 5.56 Å². The summed E-state index contributed by atoms with van der Waals surface area (Å²) in [6, 6.07) is 15.0. The van der Waals surface area contributed by atoms with Crippen LogP contribution >= 0.6 is 15.9 Å². The minimum Gasteiger partial charge on any atom is -0.478 e. The van der Waals surface area contributed by atoms with Crippen LogP contribution in [0.15, 0.2) is 53.0 Å². The first-order chi connectivity index (χ1) is 8.68. The lowest BCUT2D eigenvalue weighted by atomic mass is 10.1. The Kier molecular flexibility index (Phi) is 3.95. The van der Waals surface area contributed by atoms with Gasteiger partial charge in [0, 0.05) is 4.47 Å². The van der Waals surface area contributed by atoms with Gasteiger partial charge in [-0.15, -0.1) is 0 Å². The van der Waals surface area contributed by atoms with Gasteiger partial charge in [-0.05, 0) is 33.1 Å². The fourth-order valence-electron chi connectivity index (χ4n) is 1.59. The van der Waals surface area contributed by atoms with Crippen molar-refractivity contribution in [3.63, 3.8) is 0 Å². The van der Waals surface area contributed by atoms with E-state index in [1.807, 2.05) is 48.6 Å². The van der Waals surface area contributed by atoms with Crippen LogP contribution in [0.25, 0.3) is 12.2 Å². The Morgan fingerprint density at radius 3 is 2.39 bits per heavy atom. The van der Waals surface area contributed by atoms with Crippen LogP contribution in [0.5, 0.6) is 0 Å². The molecule has 0 bridgehead atoms. The maximum Gasteiger partial charge on any atom is 0.336 e. The van der Waals surface area contributed by atoms with Crippen LogP contribution in [0.4, 0.5) is 0 Å². The quantitative estimate of drug-likeness (QED) is 0.858. The maximum atomic E-state index is 11.0. The van der Waals surface area contributed by atoms with Crippen molar-refractivity contribution < 1.29 is 9.90 Å². The van der Waals surface area contributed by atoms with E-state index >= 15 is 0 Å². The lowest BCUT2D eigenvalue weighted by Crippen LogP contribution is -1.98. The van der Waals surface area contributed by atoms with Crippen LogP contribution in [0.2, 0.25) is 0 Å². The van der Waals surface area contributed by atoms with Crippen molar-refractivity contribution in [3.8, 4) is 0 Å². The van der Waals surface area contributed by atoms with Gasteiger partial charge in [-0.1, -0.05) is 54.6 Å². The SMILES string of the molecule is O=C(O)c1cccc(/C=C\c2ccccc2)c1Br. The van der Waals surface area contributed by atoms with E-state index in [4.69, 9.17) is 5.11 Å². The predicted molar refractivity (Wildman–Crippen MR) is 76.5 cm³/mol. The van der Waals surface area contributed by atoms with Crippen LogP contribution in [0.1, 0.15) is 21.5 Å². The minimum atomic E-state index is -0.933. The minimum absolute atomic E-state index is 0.269. The zero-order valence-electron chi connectivity index (χ0n) is 9.51. The fraction of sp³-hybridized carbons (Fsp3) is 0. The Balaban J connectivity index is 2.33. The second-order valence-electron chi connectivity index (χ2n) is 3.76. The number of carboxylic acid groups (broad SMARTS) is 1. The predicted octanol–water partition coefficient (Wildman–Crippen LogP) is 4.32. The zero-order valence-corrected chi connectivity index (χ0v) is 11.1. The molecule has 2 aromatic carbocycles. The second kappa shape index (κ2) is 5.65. The Hall–Kier alpha value is -1.87. The lowest BCUT2D eigenvalue weighted by Gasteiger charge is -2.02. The Labute approximate surface area is 114 Å². The molecule has 0 amide bonds. The van der Waals surface area contributed by atoms with Crippen molar-refractivity contribution in [2.24, 2.45) is 0 Å². The second-order valence-corrected chi connectivity index (χ2v) is 4.55. The van der Waals surface area contributed by atoms with Gasteiger partial charge in [-0.3, -0.25) is 0 Å². The molecule has 1 N–H and O–H groups in total. The van der Waals surface area contributed by atoms with E-state index in [0.29, 0.717) is 4.47 Å². The lowest BCUT2D eigenvalue weighted by molar-refractivity contribution is 0.0696. The summed E-state index contributed by atoms with van der Waals surface area (Å²) >= 11 is 3.32. The van der Waals surface area contributed by atoms with Gasteiger partial charge in [0.15, 0.2) is 0 Å². The van der Waals surface area contributed by atoms with E-state index in [0.717, 1.165) is 11.1 Å². The highest BCUT2D eigenvalue weighted by atomic mass is 79.9. The smallest absolute Gasteiger partial charge is 0.336 e. The van der Waals surface area contributed by atoms with Crippen molar-refractivity contribution in [1.29, 1.82) is 0 Å². The number of hydrogen-bond donors (Lipinski definition) is 1. The molecule has 3 heteroatoms. The molecular weight excluding hydrogens is 292 g/mol. The molecule has 0 heterocycles. The van der Waals surface area contributed by atoms with E-state index in [1.165, 1.54) is 0 Å². The molecule has 0 aromatic heterocycles. The van der Waals surface area contributed by atoms with Crippen molar-refractivity contribution in [2.45, 2.75) is 0 Å². The number of rotatable bonds is 3. The molecule has 0 aliphatic heterocycles. The summed E-state index contributed by atoms with van der Waals surface area (Å²) < 4.78 is 0.602. The molecule has 90 valence electrons. The summed E-state index contributed by atoms with van der Waals surface area (Å²) in [6.45, 7) is 0. The van der Waals surface area contributed by atoms with Crippen LogP contribution in [0, 0.1) is 0 Å². The van der Waals surface area contributed by atoms with Crippen molar-refractivity contribution in [3.05, 3.63) is 69.7 Å². The van der Waals surface area contributed by atoms with E-state index in [-0.39, 0.29) is 5.56 Å². The largest absolute Gasteiger partial charge is 0.478 e. The fourth-order valence-corrected chi connectivity index (χ4v) is 2.16. The standard InChI is InChI=1S/C15H11BrO2/c16-14-12(7-4-8-13(14)15(17)18)10-9-11-5-2-1-3-6-11/h1-10H,(H,17,18)/b10-9-. The monoisotopic (exact) mass is 302 g/mol. The average Bonchev–Trinajstić information content (AvgIpc) is 2.38. The normalized spacial score (nSPS) is 10.7. The number of hydrogen-bond acceptors (Lipinski definition) is 1. The Morgan fingerprint density at radius 1 is 1.00 bits per heavy atom. The molecule has 2 nitrogen and oxygen atoms in total. The van der Waals surface area contributed by atoms with Crippen LogP contribution in [0.3, 0.4) is 0 Å². The van der Waals surface area contributed by atoms with Gasteiger partial charge in [-0.2, -0.15) is 0 Å². The molecule has 0 saturated heterocycles. The number of carboxylic acids is 1. The number of halogens is 1. The van der Waals surface area contributed by atoms with Crippen LogP contribution in [-0.4, -0.2) is 11.1 Å². The van der Waals surface area contributed by atoms with E-state index < -0.39 is 5.97 Å². The summed E-state index contributed by atoms with van der Waals surface area (Å²) in [4.78, 5) is 11.0. The topological polar surface area (TPSA) is 37.3 Å². The van der Waals surface area contributed by atoms with Crippen LogP contribution < -0.4 is 0 Å². The molecule has 0 saturated carbocycles. The van der Waals surface area contributed by atoms with Gasteiger partial charge in [0.1, 0.15) is 0 Å². The van der Waals surface area contributed by atoms with Gasteiger partial charge in [-0.25, -0.2) is 4.79 Å². The molecule has 0 spiro atoms. The molecule has 0 aliphatic carbocycles. The van der Waals surface area contributed by atoms with Crippen molar-refractivity contribution >= 4 is 34.1 Å². The zero-order chi connectivity index (χ0) is 13.0. The average molecular weight is 303 g/mol. The van der Waals surface area contributed by atoms with E-state index in [1.54, 1.807) is 12.1 Å². The summed E-state index contributed by atoms with van der Waals surface area (Å²) in [5.41, 5.74) is 2.19. The van der Waals surface area contributed by atoms with Gasteiger partial charge < -0.3 is 5.11 Å². The molecule has 0 unspecified atom stereocenters. The maximum absolute atomic E-state index is 11.0. The number of aromatic carboxylic acids is 1. The molecule has 0 atom stereocenters. The van der Waals surface area contributed by atoms with E-state index in [2.05, 4.69) is 15.9 Å². The molecule has 0 radical (unpaired) electrons. The Morgan fingerprint density at radius 2 is 1.72 bits per heavy atom. The summed E-state index contributed by atoms with van der Waals surface area (Å²) in [7, 11) is 0. The first-order valence-electron chi connectivity index (χ1n) is 5.43. The molecule has 2 rings (SSSR count). The molecule has 2 aromatic rings. The number of carbonyl (C=O) groups is 1. The Bertz CT molecular complexity index is 589. The third-order valence-corrected chi connectivity index (χ3v) is 3.40. The summed E-state index contributed by atoms with van der Waals surface area (Å²) in [5, 5.41) is 9.02. The molecular formula is C15H11BrO2. The third kappa shape index (κ3) is 2.87. The number of benzene rings is 2. The molecule has 0 aliphatic rings. The third-order valence-electron chi connectivity index (χ3n) is 2.51. The first-order valence-corrected chi connectivity index (χ1v) is 6.23. The van der Waals surface area contributed by atoms with Crippen molar-refractivity contribution in [1.82, 2.24) is 0 Å². The van der Waals surface area contributed by atoms with Gasteiger partial charge in [0.2, 0.25) is 0 Å². The highest BCUT2D eigenvalue weighted by molar-refractivity contribution is 9.10. The molecule has 18 heavy (non-hydrogen) atoms. The summed E-state index contributed by atoms with van der Waals surface area (Å²) in [5.74, 6) is -0.933. The van der Waals surface area contributed by atoms with Gasteiger partial charge in [0.25, 0.3) is 0 Å². The highest BCUT2D eigenvalue weighted by Gasteiger charge is 2.09. The highest BCUT2D eigenvalue weighted by Crippen LogP contribution is 2.23. The van der Waals surface area contributed by atoms with E-state index in [9.17, 15) is 4.79 Å². The van der Waals surface area contributed by atoms with Gasteiger partial charge >= 0.3 is 5.97 Å².